The van der Waals surface area contributed by atoms with Gasteiger partial charge < -0.3 is 5.32 Å². The van der Waals surface area contributed by atoms with Gasteiger partial charge in [0, 0.05) is 24.2 Å². The molecule has 1 aliphatic heterocycles. The van der Waals surface area contributed by atoms with Gasteiger partial charge in [0.25, 0.3) is 0 Å². The Morgan fingerprint density at radius 2 is 1.90 bits per heavy atom. The molecular weight excluding hydrogens is 244 g/mol. The van der Waals surface area contributed by atoms with Gasteiger partial charge in [-0.3, -0.25) is 4.90 Å². The fourth-order valence-corrected chi connectivity index (χ4v) is 4.60. The highest BCUT2D eigenvalue weighted by molar-refractivity contribution is 5.10. The Kier molecular flexibility index (Phi) is 4.16. The van der Waals surface area contributed by atoms with Crippen LogP contribution in [0.1, 0.15) is 72.1 Å². The van der Waals surface area contributed by atoms with E-state index in [1.807, 2.05) is 0 Å². The minimum atomic E-state index is 0.449. The molecule has 3 fully saturated rings. The maximum absolute atomic E-state index is 3.99. The van der Waals surface area contributed by atoms with E-state index in [-0.39, 0.29) is 0 Å². The molecule has 2 aliphatic carbocycles. The number of hydrogen-bond donors (Lipinski definition) is 1. The van der Waals surface area contributed by atoms with Crippen LogP contribution in [0.2, 0.25) is 0 Å². The summed E-state index contributed by atoms with van der Waals surface area (Å²) >= 11 is 0. The highest BCUT2D eigenvalue weighted by Crippen LogP contribution is 2.46. The molecule has 20 heavy (non-hydrogen) atoms. The van der Waals surface area contributed by atoms with Gasteiger partial charge >= 0.3 is 0 Å². The SMILES string of the molecule is CC(C)CCCN1CC2(CCCC2)NCC1(C)C1CC1. The maximum Gasteiger partial charge on any atom is 0.0334 e. The van der Waals surface area contributed by atoms with Gasteiger partial charge in [-0.1, -0.05) is 26.7 Å². The molecule has 0 radical (unpaired) electrons. The molecule has 3 aliphatic rings. The molecule has 0 aromatic heterocycles. The summed E-state index contributed by atoms with van der Waals surface area (Å²) in [4.78, 5) is 2.90. The lowest BCUT2D eigenvalue weighted by Crippen LogP contribution is -2.69. The first kappa shape index (κ1) is 14.8. The van der Waals surface area contributed by atoms with E-state index in [9.17, 15) is 0 Å². The summed E-state index contributed by atoms with van der Waals surface area (Å²) < 4.78 is 0. The van der Waals surface area contributed by atoms with Crippen LogP contribution < -0.4 is 5.32 Å². The first-order valence-electron chi connectivity index (χ1n) is 9.04. The Morgan fingerprint density at radius 1 is 1.20 bits per heavy atom. The summed E-state index contributed by atoms with van der Waals surface area (Å²) in [6.45, 7) is 11.1. The van der Waals surface area contributed by atoms with E-state index in [2.05, 4.69) is 31.0 Å². The summed E-state index contributed by atoms with van der Waals surface area (Å²) in [6, 6.07) is 0. The molecule has 1 heterocycles. The zero-order valence-electron chi connectivity index (χ0n) is 13.9. The van der Waals surface area contributed by atoms with Crippen LogP contribution in [-0.4, -0.2) is 35.6 Å². The van der Waals surface area contributed by atoms with E-state index in [0.717, 1.165) is 11.8 Å². The first-order chi connectivity index (χ1) is 9.54. The second-order valence-corrected chi connectivity index (χ2v) is 8.43. The second-order valence-electron chi connectivity index (χ2n) is 8.43. The largest absolute Gasteiger partial charge is 0.308 e. The minimum absolute atomic E-state index is 0.449. The number of hydrogen-bond acceptors (Lipinski definition) is 2. The van der Waals surface area contributed by atoms with Gasteiger partial charge in [-0.05, 0) is 63.8 Å². The zero-order valence-corrected chi connectivity index (χ0v) is 13.9. The van der Waals surface area contributed by atoms with E-state index >= 15 is 0 Å². The van der Waals surface area contributed by atoms with Crippen molar-refractivity contribution in [3.63, 3.8) is 0 Å². The predicted octanol–water partition coefficient (Wildman–Crippen LogP) is 3.81. The van der Waals surface area contributed by atoms with Gasteiger partial charge in [-0.25, -0.2) is 0 Å². The van der Waals surface area contributed by atoms with Crippen LogP contribution in [0, 0.1) is 11.8 Å². The molecule has 1 saturated heterocycles. The molecule has 1 N–H and O–H groups in total. The van der Waals surface area contributed by atoms with Crippen molar-refractivity contribution >= 4 is 0 Å². The van der Waals surface area contributed by atoms with Gasteiger partial charge in [0.15, 0.2) is 0 Å². The number of piperazine rings is 1. The van der Waals surface area contributed by atoms with Gasteiger partial charge in [0.05, 0.1) is 0 Å². The highest BCUT2D eigenvalue weighted by atomic mass is 15.3. The van der Waals surface area contributed by atoms with E-state index in [1.54, 1.807) is 0 Å². The van der Waals surface area contributed by atoms with Crippen molar-refractivity contribution in [1.29, 1.82) is 0 Å². The highest BCUT2D eigenvalue weighted by Gasteiger charge is 2.52. The summed E-state index contributed by atoms with van der Waals surface area (Å²) in [5.74, 6) is 1.82. The lowest BCUT2D eigenvalue weighted by Gasteiger charge is -2.53. The van der Waals surface area contributed by atoms with Gasteiger partial charge in [-0.2, -0.15) is 0 Å². The van der Waals surface area contributed by atoms with Crippen molar-refractivity contribution in [1.82, 2.24) is 10.2 Å². The molecule has 2 saturated carbocycles. The summed E-state index contributed by atoms with van der Waals surface area (Å²) in [7, 11) is 0. The lowest BCUT2D eigenvalue weighted by atomic mass is 9.83. The Balaban J connectivity index is 1.65. The Bertz CT molecular complexity index is 328. The topological polar surface area (TPSA) is 15.3 Å². The molecule has 3 rings (SSSR count). The monoisotopic (exact) mass is 278 g/mol. The Labute approximate surface area is 125 Å². The summed E-state index contributed by atoms with van der Waals surface area (Å²) in [5.41, 5.74) is 0.928. The molecule has 1 spiro atoms. The zero-order chi connectivity index (χ0) is 14.2. The van der Waals surface area contributed by atoms with Gasteiger partial charge in [0.2, 0.25) is 0 Å². The van der Waals surface area contributed by atoms with Crippen LogP contribution in [0.15, 0.2) is 0 Å². The molecule has 0 bridgehead atoms. The van der Waals surface area contributed by atoms with Crippen molar-refractivity contribution in [3.05, 3.63) is 0 Å². The normalized spacial score (nSPS) is 34.2. The van der Waals surface area contributed by atoms with Crippen molar-refractivity contribution in [2.45, 2.75) is 83.2 Å². The number of nitrogens with zero attached hydrogens (tertiary/aromatic N) is 1. The van der Waals surface area contributed by atoms with Crippen molar-refractivity contribution in [2.75, 3.05) is 19.6 Å². The van der Waals surface area contributed by atoms with Crippen LogP contribution >= 0.6 is 0 Å². The Morgan fingerprint density at radius 3 is 2.50 bits per heavy atom. The first-order valence-corrected chi connectivity index (χ1v) is 9.04. The third-order valence-electron chi connectivity index (χ3n) is 6.26. The average molecular weight is 278 g/mol. The van der Waals surface area contributed by atoms with Gasteiger partial charge in [-0.15, -0.1) is 0 Å². The summed E-state index contributed by atoms with van der Waals surface area (Å²) in [5, 5.41) is 3.99. The molecule has 0 amide bonds. The van der Waals surface area contributed by atoms with E-state index in [0.29, 0.717) is 11.1 Å². The van der Waals surface area contributed by atoms with E-state index in [1.165, 1.54) is 71.0 Å². The third kappa shape index (κ3) is 2.92. The quantitative estimate of drug-likeness (QED) is 0.822. The minimum Gasteiger partial charge on any atom is -0.308 e. The molecular formula is C18H34N2. The van der Waals surface area contributed by atoms with Gasteiger partial charge in [0.1, 0.15) is 0 Å². The molecule has 0 aromatic rings. The maximum atomic E-state index is 3.99. The van der Waals surface area contributed by atoms with Crippen molar-refractivity contribution in [3.8, 4) is 0 Å². The average Bonchev–Trinajstić information content (AvgIpc) is 3.17. The molecule has 2 heteroatoms. The molecule has 0 aromatic carbocycles. The van der Waals surface area contributed by atoms with E-state index in [4.69, 9.17) is 0 Å². The predicted molar refractivity (Wildman–Crippen MR) is 86.0 cm³/mol. The molecule has 2 nitrogen and oxygen atoms in total. The fourth-order valence-electron chi connectivity index (χ4n) is 4.60. The van der Waals surface area contributed by atoms with Crippen LogP contribution in [0.3, 0.4) is 0 Å². The number of nitrogens with one attached hydrogen (secondary N) is 1. The van der Waals surface area contributed by atoms with Crippen LogP contribution in [0.5, 0.6) is 0 Å². The summed E-state index contributed by atoms with van der Waals surface area (Å²) in [6.07, 6.45) is 11.4. The molecule has 1 unspecified atom stereocenters. The van der Waals surface area contributed by atoms with Crippen molar-refractivity contribution in [2.24, 2.45) is 11.8 Å². The molecule has 116 valence electrons. The molecule has 1 atom stereocenters. The van der Waals surface area contributed by atoms with Crippen LogP contribution in [-0.2, 0) is 0 Å². The lowest BCUT2D eigenvalue weighted by molar-refractivity contribution is 0.00109. The smallest absolute Gasteiger partial charge is 0.0334 e. The van der Waals surface area contributed by atoms with Crippen LogP contribution in [0.4, 0.5) is 0 Å². The van der Waals surface area contributed by atoms with E-state index < -0.39 is 0 Å². The fraction of sp³-hybridized carbons (Fsp3) is 1.00. The van der Waals surface area contributed by atoms with Crippen molar-refractivity contribution < 1.29 is 0 Å². The Hall–Kier alpha value is -0.0800. The standard InChI is InChI=1S/C18H34N2/c1-15(2)7-6-12-20-14-18(10-4-5-11-18)19-13-17(20,3)16-8-9-16/h15-16,19H,4-14H2,1-3H3. The van der Waals surface area contributed by atoms with Crippen LogP contribution in [0.25, 0.3) is 0 Å². The second kappa shape index (κ2) is 5.61. The number of rotatable bonds is 5. The third-order valence-corrected chi connectivity index (χ3v) is 6.26.